The molecule has 0 bridgehead atoms. The first kappa shape index (κ1) is 24.3. The number of hydrogen-bond donors (Lipinski definition) is 5. The molecule has 0 aromatic rings. The quantitative estimate of drug-likeness (QED) is 0.329. The van der Waals surface area contributed by atoms with E-state index in [9.17, 15) is 24.9 Å². The molecule has 0 spiro atoms. The van der Waals surface area contributed by atoms with Gasteiger partial charge in [0.05, 0.1) is 0 Å². The standard InChI is InChI=1S/C18H32N2O6/c1-7-10-19-16(24)11(2)20-17(25)15(26-6)14(23)13(22)12(21)8-9-18(3,4)5/h7-9,11-15,21-23H,1,10H2,2-6H3,(H,19,24)(H,20,25)/b9-8+/t11-,12+,13-,14+,15+/m0/s1. The summed E-state index contributed by atoms with van der Waals surface area (Å²) in [5.74, 6) is -1.22. The molecular formula is C18H32N2O6. The van der Waals surface area contributed by atoms with Crippen LogP contribution in [0, 0.1) is 5.41 Å². The molecule has 0 aliphatic carbocycles. The van der Waals surface area contributed by atoms with Crippen molar-refractivity contribution < 1.29 is 29.6 Å². The highest BCUT2D eigenvalue weighted by Crippen LogP contribution is 2.17. The molecule has 2 amide bonds. The first-order valence-electron chi connectivity index (χ1n) is 8.40. The summed E-state index contributed by atoms with van der Waals surface area (Å²) < 4.78 is 4.95. The smallest absolute Gasteiger partial charge is 0.252 e. The van der Waals surface area contributed by atoms with Gasteiger partial charge in [0.25, 0.3) is 5.91 Å². The van der Waals surface area contributed by atoms with E-state index < -0.39 is 42.3 Å². The molecule has 5 N–H and O–H groups in total. The number of carbonyl (C=O) groups excluding carboxylic acids is 2. The van der Waals surface area contributed by atoms with Crippen molar-refractivity contribution in [1.29, 1.82) is 0 Å². The molecule has 5 atom stereocenters. The third-order valence-electron chi connectivity index (χ3n) is 3.49. The molecule has 0 unspecified atom stereocenters. The zero-order valence-electron chi connectivity index (χ0n) is 16.1. The van der Waals surface area contributed by atoms with E-state index in [4.69, 9.17) is 4.74 Å². The fraction of sp³-hybridized carbons (Fsp3) is 0.667. The zero-order valence-corrected chi connectivity index (χ0v) is 16.1. The van der Waals surface area contributed by atoms with Crippen molar-refractivity contribution in [3.05, 3.63) is 24.8 Å². The largest absolute Gasteiger partial charge is 0.387 e. The van der Waals surface area contributed by atoms with Crippen LogP contribution in [0.4, 0.5) is 0 Å². The lowest BCUT2D eigenvalue weighted by Gasteiger charge is -2.28. The van der Waals surface area contributed by atoms with Gasteiger partial charge in [-0.3, -0.25) is 9.59 Å². The summed E-state index contributed by atoms with van der Waals surface area (Å²) >= 11 is 0. The van der Waals surface area contributed by atoms with E-state index in [2.05, 4.69) is 17.2 Å². The van der Waals surface area contributed by atoms with Crippen LogP contribution < -0.4 is 10.6 Å². The Morgan fingerprint density at radius 1 is 1.15 bits per heavy atom. The first-order chi connectivity index (χ1) is 11.9. The molecule has 0 aliphatic rings. The molecule has 8 nitrogen and oxygen atoms in total. The van der Waals surface area contributed by atoms with Gasteiger partial charge < -0.3 is 30.7 Å². The molecule has 0 heterocycles. The fourth-order valence-corrected chi connectivity index (χ4v) is 1.97. The van der Waals surface area contributed by atoms with Crippen LogP contribution >= 0.6 is 0 Å². The predicted molar refractivity (Wildman–Crippen MR) is 98.2 cm³/mol. The summed E-state index contributed by atoms with van der Waals surface area (Å²) in [7, 11) is 1.18. The number of methoxy groups -OCH3 is 1. The van der Waals surface area contributed by atoms with Crippen molar-refractivity contribution in [2.75, 3.05) is 13.7 Å². The number of amides is 2. The third-order valence-corrected chi connectivity index (χ3v) is 3.49. The van der Waals surface area contributed by atoms with Crippen LogP contribution in [-0.4, -0.2) is 71.2 Å². The Balaban J connectivity index is 4.92. The predicted octanol–water partition coefficient (Wildman–Crippen LogP) is -0.507. The van der Waals surface area contributed by atoms with Crippen molar-refractivity contribution in [2.24, 2.45) is 5.41 Å². The van der Waals surface area contributed by atoms with Gasteiger partial charge in [-0.05, 0) is 12.3 Å². The summed E-state index contributed by atoms with van der Waals surface area (Å²) in [6.45, 7) is 10.9. The highest BCUT2D eigenvalue weighted by molar-refractivity contribution is 5.89. The molecule has 26 heavy (non-hydrogen) atoms. The van der Waals surface area contributed by atoms with Crippen molar-refractivity contribution >= 4 is 11.8 Å². The molecule has 0 saturated heterocycles. The van der Waals surface area contributed by atoms with Crippen LogP contribution in [0.15, 0.2) is 24.8 Å². The van der Waals surface area contributed by atoms with E-state index in [0.717, 1.165) is 0 Å². The van der Waals surface area contributed by atoms with Gasteiger partial charge in [0, 0.05) is 13.7 Å². The number of hydrogen-bond acceptors (Lipinski definition) is 6. The second-order valence-electron chi connectivity index (χ2n) is 7.12. The van der Waals surface area contributed by atoms with E-state index in [1.54, 1.807) is 6.08 Å². The van der Waals surface area contributed by atoms with E-state index in [1.807, 2.05) is 20.8 Å². The van der Waals surface area contributed by atoms with Gasteiger partial charge in [0.2, 0.25) is 5.91 Å². The second-order valence-corrected chi connectivity index (χ2v) is 7.12. The minimum Gasteiger partial charge on any atom is -0.387 e. The highest BCUT2D eigenvalue weighted by atomic mass is 16.5. The Bertz CT molecular complexity index is 500. The summed E-state index contributed by atoms with van der Waals surface area (Å²) in [5, 5.41) is 35.2. The monoisotopic (exact) mass is 372 g/mol. The highest BCUT2D eigenvalue weighted by Gasteiger charge is 2.36. The summed E-state index contributed by atoms with van der Waals surface area (Å²) in [4.78, 5) is 24.0. The minimum absolute atomic E-state index is 0.224. The SMILES string of the molecule is C=CCNC(=O)[C@H](C)NC(=O)[C@H](OC)[C@H](O)[C@@H](O)[C@H](O)/C=C/C(C)(C)C. The molecule has 0 aliphatic heterocycles. The van der Waals surface area contributed by atoms with E-state index in [-0.39, 0.29) is 12.0 Å². The Morgan fingerprint density at radius 2 is 1.73 bits per heavy atom. The topological polar surface area (TPSA) is 128 Å². The van der Waals surface area contributed by atoms with Gasteiger partial charge in [0.15, 0.2) is 6.10 Å². The first-order valence-corrected chi connectivity index (χ1v) is 8.40. The molecule has 0 aromatic heterocycles. The van der Waals surface area contributed by atoms with Crippen LogP contribution in [0.5, 0.6) is 0 Å². The van der Waals surface area contributed by atoms with Crippen molar-refractivity contribution in [3.8, 4) is 0 Å². The number of ether oxygens (including phenoxy) is 1. The molecule has 150 valence electrons. The third kappa shape index (κ3) is 8.57. The number of nitrogens with one attached hydrogen (secondary N) is 2. The summed E-state index contributed by atoms with van der Waals surface area (Å²) in [6, 6.07) is -0.879. The average Bonchev–Trinajstić information content (AvgIpc) is 2.56. The van der Waals surface area contributed by atoms with Crippen LogP contribution in [-0.2, 0) is 14.3 Å². The summed E-state index contributed by atoms with van der Waals surface area (Å²) in [6.07, 6.45) is -1.65. The van der Waals surface area contributed by atoms with Gasteiger partial charge in [0.1, 0.15) is 24.4 Å². The van der Waals surface area contributed by atoms with E-state index in [0.29, 0.717) is 0 Å². The number of allylic oxidation sites excluding steroid dienone is 1. The van der Waals surface area contributed by atoms with Gasteiger partial charge in [-0.15, -0.1) is 6.58 Å². The maximum Gasteiger partial charge on any atom is 0.252 e. The number of rotatable bonds is 10. The molecule has 0 saturated carbocycles. The fourth-order valence-electron chi connectivity index (χ4n) is 1.97. The van der Waals surface area contributed by atoms with Gasteiger partial charge in [-0.2, -0.15) is 0 Å². The van der Waals surface area contributed by atoms with E-state index in [1.165, 1.54) is 26.2 Å². The molecule has 0 rings (SSSR count). The lowest BCUT2D eigenvalue weighted by atomic mass is 9.94. The second kappa shape index (κ2) is 11.1. The van der Waals surface area contributed by atoms with Crippen LogP contribution in [0.25, 0.3) is 0 Å². The average molecular weight is 372 g/mol. The van der Waals surface area contributed by atoms with E-state index >= 15 is 0 Å². The number of carbonyl (C=O) groups is 2. The number of aliphatic hydroxyl groups excluding tert-OH is 3. The lowest BCUT2D eigenvalue weighted by Crippen LogP contribution is -2.55. The summed E-state index contributed by atoms with van der Waals surface area (Å²) in [5.41, 5.74) is -0.224. The Labute approximate surface area is 154 Å². The van der Waals surface area contributed by atoms with Gasteiger partial charge in [-0.25, -0.2) is 0 Å². The van der Waals surface area contributed by atoms with Crippen LogP contribution in [0.1, 0.15) is 27.7 Å². The Kier molecular flexibility index (Phi) is 10.3. The minimum atomic E-state index is -1.69. The molecule has 0 aromatic carbocycles. The van der Waals surface area contributed by atoms with Gasteiger partial charge >= 0.3 is 0 Å². The molecular weight excluding hydrogens is 340 g/mol. The number of aliphatic hydroxyl groups is 3. The lowest BCUT2D eigenvalue weighted by molar-refractivity contribution is -0.150. The molecule has 0 radical (unpaired) electrons. The van der Waals surface area contributed by atoms with Crippen molar-refractivity contribution in [1.82, 2.24) is 10.6 Å². The maximum absolute atomic E-state index is 12.2. The van der Waals surface area contributed by atoms with Gasteiger partial charge in [-0.1, -0.05) is 39.0 Å². The van der Waals surface area contributed by atoms with Crippen LogP contribution in [0.3, 0.4) is 0 Å². The van der Waals surface area contributed by atoms with Crippen molar-refractivity contribution in [3.63, 3.8) is 0 Å². The zero-order chi connectivity index (χ0) is 20.5. The maximum atomic E-state index is 12.2. The Morgan fingerprint density at radius 3 is 2.19 bits per heavy atom. The van der Waals surface area contributed by atoms with Crippen LogP contribution in [0.2, 0.25) is 0 Å². The van der Waals surface area contributed by atoms with Crippen molar-refractivity contribution in [2.45, 2.75) is 58.2 Å². The Hall–Kier alpha value is -1.74. The normalized spacial score (nSPS) is 17.8. The molecule has 0 fully saturated rings. The molecule has 8 heteroatoms.